The zero-order valence-electron chi connectivity index (χ0n) is 15.3. The van der Waals surface area contributed by atoms with E-state index in [2.05, 4.69) is 15.3 Å². The van der Waals surface area contributed by atoms with Crippen LogP contribution in [0.4, 0.5) is 0 Å². The summed E-state index contributed by atoms with van der Waals surface area (Å²) in [6.45, 7) is 0.907. The van der Waals surface area contributed by atoms with E-state index in [0.717, 1.165) is 11.3 Å². The maximum Gasteiger partial charge on any atom is 0.328 e. The van der Waals surface area contributed by atoms with Gasteiger partial charge in [0, 0.05) is 31.4 Å². The van der Waals surface area contributed by atoms with Crippen molar-refractivity contribution in [1.29, 1.82) is 0 Å². The van der Waals surface area contributed by atoms with Crippen molar-refractivity contribution < 1.29 is 14.3 Å². The molecule has 0 aliphatic heterocycles. The molecule has 0 aliphatic carbocycles. The normalized spacial score (nSPS) is 12.2. The monoisotopic (exact) mass is 374 g/mol. The minimum atomic E-state index is -0.812. The second kappa shape index (κ2) is 10.4. The molecule has 146 valence electrons. The first-order chi connectivity index (χ1) is 13.0. The Morgan fingerprint density at radius 1 is 1.30 bits per heavy atom. The number of benzene rings is 1. The minimum Gasteiger partial charge on any atom is -0.467 e. The molecule has 1 unspecified atom stereocenters. The van der Waals surface area contributed by atoms with Crippen LogP contribution in [0.15, 0.2) is 42.9 Å². The van der Waals surface area contributed by atoms with E-state index in [4.69, 9.17) is 16.2 Å². The minimum absolute atomic E-state index is 0.0518. The molecule has 1 aromatic heterocycles. The Morgan fingerprint density at radius 2 is 2.04 bits per heavy atom. The summed E-state index contributed by atoms with van der Waals surface area (Å²) in [5.74, 6) is -0.843. The molecule has 1 amide bonds. The Hall–Kier alpha value is -2.75. The number of aromatic nitrogens is 2. The van der Waals surface area contributed by atoms with E-state index in [-0.39, 0.29) is 18.9 Å². The van der Waals surface area contributed by atoms with E-state index >= 15 is 0 Å². The molecule has 0 saturated heterocycles. The summed E-state index contributed by atoms with van der Waals surface area (Å²) in [7, 11) is 1.28. The molecule has 2 aromatic rings. The van der Waals surface area contributed by atoms with Gasteiger partial charge in [-0.15, -0.1) is 0 Å². The van der Waals surface area contributed by atoms with Gasteiger partial charge in [0.15, 0.2) is 0 Å². The van der Waals surface area contributed by atoms with E-state index in [0.29, 0.717) is 13.1 Å². The highest BCUT2D eigenvalue weighted by Gasteiger charge is 2.24. The lowest BCUT2D eigenvalue weighted by atomic mass is 10.1. The van der Waals surface area contributed by atoms with Gasteiger partial charge in [-0.2, -0.15) is 0 Å². The van der Waals surface area contributed by atoms with Crippen molar-refractivity contribution in [3.63, 3.8) is 0 Å². The van der Waals surface area contributed by atoms with Crippen LogP contribution in [-0.4, -0.2) is 59.2 Å². The van der Waals surface area contributed by atoms with Crippen LogP contribution in [0.25, 0.3) is 0 Å². The van der Waals surface area contributed by atoms with Crippen LogP contribution in [0.2, 0.25) is 0 Å². The Balaban J connectivity index is 1.99. The lowest BCUT2D eigenvalue weighted by Gasteiger charge is -2.24. The second-order valence-electron chi connectivity index (χ2n) is 6.24. The molecule has 0 fully saturated rings. The number of nitrogens with one attached hydrogen (secondary N) is 2. The van der Waals surface area contributed by atoms with E-state index in [1.165, 1.54) is 13.4 Å². The topological polar surface area (TPSA) is 139 Å². The lowest BCUT2D eigenvalue weighted by molar-refractivity contribution is -0.145. The highest BCUT2D eigenvalue weighted by atomic mass is 16.5. The molecule has 9 nitrogen and oxygen atoms in total. The number of hydrogen-bond acceptors (Lipinski definition) is 7. The SMILES string of the molecule is COC(=O)C(Cc1cnc[nH]1)NC(=O)CN(Cc1ccccc1)CC(N)N. The molecule has 6 N–H and O–H groups in total. The van der Waals surface area contributed by atoms with Gasteiger partial charge in [-0.3, -0.25) is 9.69 Å². The number of carbonyl (C=O) groups excluding carboxylic acids is 2. The molecular formula is C18H26N6O3. The Bertz CT molecular complexity index is 705. The fourth-order valence-corrected chi connectivity index (χ4v) is 2.72. The first-order valence-corrected chi connectivity index (χ1v) is 8.59. The van der Waals surface area contributed by atoms with Gasteiger partial charge in [-0.1, -0.05) is 30.3 Å². The number of nitrogens with two attached hydrogens (primary N) is 2. The highest BCUT2D eigenvalue weighted by molar-refractivity contribution is 5.85. The standard InChI is InChI=1S/C18H26N6O3/c1-27-18(26)15(7-14-8-21-12-22-14)23-17(25)11-24(10-16(19)20)9-13-5-3-2-4-6-13/h2-6,8,12,15-16H,7,9-11,19-20H2,1H3,(H,21,22)(H,23,25). The molecule has 9 heteroatoms. The third-order valence-corrected chi connectivity index (χ3v) is 3.89. The van der Waals surface area contributed by atoms with E-state index < -0.39 is 18.2 Å². The van der Waals surface area contributed by atoms with E-state index in [1.54, 1.807) is 6.20 Å². The summed E-state index contributed by atoms with van der Waals surface area (Å²) in [6, 6.07) is 8.88. The van der Waals surface area contributed by atoms with Crippen molar-refractivity contribution in [2.75, 3.05) is 20.2 Å². The third kappa shape index (κ3) is 7.18. The average Bonchev–Trinajstić information content (AvgIpc) is 3.13. The van der Waals surface area contributed by atoms with Crippen LogP contribution in [0.5, 0.6) is 0 Å². The second-order valence-corrected chi connectivity index (χ2v) is 6.24. The van der Waals surface area contributed by atoms with Crippen LogP contribution in [0.3, 0.4) is 0 Å². The van der Waals surface area contributed by atoms with Gasteiger partial charge in [-0.05, 0) is 5.56 Å². The molecule has 2 rings (SSSR count). The number of nitrogens with zero attached hydrogens (tertiary/aromatic N) is 2. The quantitative estimate of drug-likeness (QED) is 0.320. The maximum atomic E-state index is 12.5. The number of aromatic amines is 1. The smallest absolute Gasteiger partial charge is 0.328 e. The van der Waals surface area contributed by atoms with Crippen molar-refractivity contribution in [2.45, 2.75) is 25.2 Å². The molecule has 1 heterocycles. The van der Waals surface area contributed by atoms with Gasteiger partial charge in [-0.25, -0.2) is 9.78 Å². The van der Waals surface area contributed by atoms with Gasteiger partial charge >= 0.3 is 5.97 Å². The zero-order chi connectivity index (χ0) is 19.6. The summed E-state index contributed by atoms with van der Waals surface area (Å²) in [5.41, 5.74) is 13.2. The molecular weight excluding hydrogens is 348 g/mol. The fraction of sp³-hybridized carbons (Fsp3) is 0.389. The number of methoxy groups -OCH3 is 1. The van der Waals surface area contributed by atoms with Crippen molar-refractivity contribution in [1.82, 2.24) is 20.2 Å². The number of amides is 1. The number of rotatable bonds is 10. The molecule has 27 heavy (non-hydrogen) atoms. The molecule has 0 saturated carbocycles. The number of imidazole rings is 1. The van der Waals surface area contributed by atoms with Gasteiger partial charge in [0.2, 0.25) is 5.91 Å². The summed E-state index contributed by atoms with van der Waals surface area (Å²) in [4.78, 5) is 33.2. The molecule has 0 aliphatic rings. The molecule has 0 radical (unpaired) electrons. The van der Waals surface area contributed by atoms with Gasteiger partial charge in [0.1, 0.15) is 6.04 Å². The molecule has 1 aromatic carbocycles. The predicted molar refractivity (Wildman–Crippen MR) is 100 cm³/mol. The summed E-state index contributed by atoms with van der Waals surface area (Å²) in [6.07, 6.45) is 2.78. The van der Waals surface area contributed by atoms with Gasteiger partial charge in [0.25, 0.3) is 0 Å². The third-order valence-electron chi connectivity index (χ3n) is 3.89. The number of H-pyrrole nitrogens is 1. The van der Waals surface area contributed by atoms with Gasteiger partial charge in [0.05, 0.1) is 26.1 Å². The summed E-state index contributed by atoms with van der Waals surface area (Å²) >= 11 is 0. The number of esters is 1. The maximum absolute atomic E-state index is 12.5. The number of hydrogen-bond donors (Lipinski definition) is 4. The Labute approximate surface area is 158 Å². The predicted octanol–water partition coefficient (Wildman–Crippen LogP) is -0.644. The first kappa shape index (κ1) is 20.6. The number of carbonyl (C=O) groups is 2. The number of ether oxygens (including phenoxy) is 1. The first-order valence-electron chi connectivity index (χ1n) is 8.59. The fourth-order valence-electron chi connectivity index (χ4n) is 2.72. The summed E-state index contributed by atoms with van der Waals surface area (Å²) < 4.78 is 4.79. The van der Waals surface area contributed by atoms with Crippen LogP contribution < -0.4 is 16.8 Å². The van der Waals surface area contributed by atoms with Crippen molar-refractivity contribution in [3.05, 3.63) is 54.1 Å². The van der Waals surface area contributed by atoms with Crippen molar-refractivity contribution >= 4 is 11.9 Å². The zero-order valence-corrected chi connectivity index (χ0v) is 15.3. The van der Waals surface area contributed by atoms with Crippen LogP contribution in [0.1, 0.15) is 11.3 Å². The average molecular weight is 374 g/mol. The molecule has 0 bridgehead atoms. The van der Waals surface area contributed by atoms with Crippen LogP contribution in [0, 0.1) is 0 Å². The largest absolute Gasteiger partial charge is 0.467 e. The molecule has 0 spiro atoms. The van der Waals surface area contributed by atoms with Gasteiger partial charge < -0.3 is 26.5 Å². The van der Waals surface area contributed by atoms with E-state index in [1.807, 2.05) is 35.2 Å². The van der Waals surface area contributed by atoms with Crippen LogP contribution >= 0.6 is 0 Å². The van der Waals surface area contributed by atoms with Crippen molar-refractivity contribution in [3.8, 4) is 0 Å². The summed E-state index contributed by atoms with van der Waals surface area (Å²) in [5, 5.41) is 2.71. The van der Waals surface area contributed by atoms with Crippen molar-refractivity contribution in [2.24, 2.45) is 11.5 Å². The van der Waals surface area contributed by atoms with E-state index in [9.17, 15) is 9.59 Å². The Morgan fingerprint density at radius 3 is 2.63 bits per heavy atom. The molecule has 1 atom stereocenters. The van der Waals surface area contributed by atoms with Crippen LogP contribution in [-0.2, 0) is 27.3 Å². The lowest BCUT2D eigenvalue weighted by Crippen LogP contribution is -2.50. The highest BCUT2D eigenvalue weighted by Crippen LogP contribution is 2.05. The Kier molecular flexibility index (Phi) is 7.93.